The monoisotopic (exact) mass is 383 g/mol. The first kappa shape index (κ1) is 21.2. The van der Waals surface area contributed by atoms with E-state index in [-0.39, 0.29) is 19.6 Å². The molecule has 0 aromatic rings. The number of ether oxygens (including phenoxy) is 2. The Morgan fingerprint density at radius 2 is 1.15 bits per heavy atom. The lowest BCUT2D eigenvalue weighted by molar-refractivity contribution is -0.314. The minimum absolute atomic E-state index is 0.0232. The smallest absolute Gasteiger partial charge is 0.309 e. The molecule has 2 fully saturated rings. The van der Waals surface area contributed by atoms with Crippen molar-refractivity contribution in [2.45, 2.75) is 57.8 Å². The van der Waals surface area contributed by atoms with E-state index >= 15 is 0 Å². The summed E-state index contributed by atoms with van der Waals surface area (Å²) in [6.07, 6.45) is 5.32. The molecule has 2 rings (SSSR count). The second-order valence-corrected chi connectivity index (χ2v) is 7.34. The number of carboxylic acid groups (broad SMARTS) is 2. The Morgan fingerprint density at radius 1 is 0.741 bits per heavy atom. The molecule has 4 atom stereocenters. The van der Waals surface area contributed by atoms with Crippen LogP contribution >= 0.6 is 0 Å². The molecule has 2 aliphatic rings. The topological polar surface area (TPSA) is 130 Å². The SMILES string of the molecule is O=C([O-])C1CCCCC1C(=O)OCCCOC(=O)C1CCCCC1C(=O)O. The summed E-state index contributed by atoms with van der Waals surface area (Å²) in [4.78, 5) is 46.6. The Kier molecular flexibility index (Phi) is 8.06. The molecule has 0 saturated heterocycles. The fraction of sp³-hybridized carbons (Fsp3) is 0.789. The number of hydrogen-bond acceptors (Lipinski definition) is 7. The molecule has 4 unspecified atom stereocenters. The third-order valence-corrected chi connectivity index (χ3v) is 5.53. The first-order chi connectivity index (χ1) is 12.9. The Morgan fingerprint density at radius 3 is 1.59 bits per heavy atom. The third kappa shape index (κ3) is 5.94. The zero-order valence-electron chi connectivity index (χ0n) is 15.4. The lowest BCUT2D eigenvalue weighted by Crippen LogP contribution is -2.41. The van der Waals surface area contributed by atoms with Gasteiger partial charge in [0.25, 0.3) is 0 Å². The van der Waals surface area contributed by atoms with Crippen molar-refractivity contribution in [3.63, 3.8) is 0 Å². The number of esters is 2. The molecule has 0 heterocycles. The summed E-state index contributed by atoms with van der Waals surface area (Å²) in [5, 5.41) is 20.3. The van der Waals surface area contributed by atoms with Crippen molar-refractivity contribution in [2.75, 3.05) is 13.2 Å². The van der Waals surface area contributed by atoms with Crippen molar-refractivity contribution in [3.05, 3.63) is 0 Å². The maximum atomic E-state index is 12.1. The van der Waals surface area contributed by atoms with Gasteiger partial charge in [0, 0.05) is 18.3 Å². The molecule has 0 spiro atoms. The largest absolute Gasteiger partial charge is 0.550 e. The van der Waals surface area contributed by atoms with Gasteiger partial charge in [-0.3, -0.25) is 14.4 Å². The van der Waals surface area contributed by atoms with Crippen LogP contribution < -0.4 is 5.11 Å². The molecule has 0 aliphatic heterocycles. The molecule has 0 radical (unpaired) electrons. The van der Waals surface area contributed by atoms with Crippen molar-refractivity contribution in [2.24, 2.45) is 23.7 Å². The van der Waals surface area contributed by atoms with Crippen LogP contribution in [0.4, 0.5) is 0 Å². The highest BCUT2D eigenvalue weighted by molar-refractivity contribution is 5.81. The van der Waals surface area contributed by atoms with Gasteiger partial charge in [-0.25, -0.2) is 0 Å². The summed E-state index contributed by atoms with van der Waals surface area (Å²) in [6.45, 7) is 0.0545. The number of hydrogen-bond donors (Lipinski definition) is 1. The molecule has 1 N–H and O–H groups in total. The summed E-state index contributed by atoms with van der Waals surface area (Å²) >= 11 is 0. The molecule has 0 aromatic carbocycles. The predicted octanol–water partition coefficient (Wildman–Crippen LogP) is 0.910. The van der Waals surface area contributed by atoms with Crippen LogP contribution in [0.25, 0.3) is 0 Å². The van der Waals surface area contributed by atoms with Crippen molar-refractivity contribution in [1.29, 1.82) is 0 Å². The van der Waals surface area contributed by atoms with E-state index in [9.17, 15) is 29.4 Å². The van der Waals surface area contributed by atoms with Gasteiger partial charge in [-0.2, -0.15) is 0 Å². The van der Waals surface area contributed by atoms with Crippen molar-refractivity contribution in [3.8, 4) is 0 Å². The van der Waals surface area contributed by atoms with E-state index in [0.717, 1.165) is 25.7 Å². The summed E-state index contributed by atoms with van der Waals surface area (Å²) in [7, 11) is 0. The Balaban J connectivity index is 1.69. The fourth-order valence-corrected chi connectivity index (χ4v) is 4.02. The highest BCUT2D eigenvalue weighted by Gasteiger charge is 2.37. The van der Waals surface area contributed by atoms with E-state index in [4.69, 9.17) is 9.47 Å². The van der Waals surface area contributed by atoms with Gasteiger partial charge in [0.2, 0.25) is 0 Å². The molecule has 0 amide bonds. The summed E-state index contributed by atoms with van der Waals surface area (Å²) in [5.74, 6) is -6.05. The van der Waals surface area contributed by atoms with E-state index in [2.05, 4.69) is 0 Å². The number of aliphatic carboxylic acids is 2. The van der Waals surface area contributed by atoms with Crippen LogP contribution in [-0.2, 0) is 28.7 Å². The quantitative estimate of drug-likeness (QED) is 0.483. The zero-order chi connectivity index (χ0) is 19.8. The minimum Gasteiger partial charge on any atom is -0.550 e. The van der Waals surface area contributed by atoms with Crippen LogP contribution in [0.2, 0.25) is 0 Å². The van der Waals surface area contributed by atoms with Crippen LogP contribution in [0, 0.1) is 23.7 Å². The van der Waals surface area contributed by atoms with Gasteiger partial charge in [0.05, 0.1) is 31.0 Å². The molecular formula is C19H27O8-. The van der Waals surface area contributed by atoms with Crippen LogP contribution in [0.3, 0.4) is 0 Å². The average Bonchev–Trinajstić information content (AvgIpc) is 2.67. The predicted molar refractivity (Wildman–Crippen MR) is 90.1 cm³/mol. The first-order valence-electron chi connectivity index (χ1n) is 9.68. The molecule has 2 aliphatic carbocycles. The maximum absolute atomic E-state index is 12.1. The standard InChI is InChI=1S/C19H28O8/c20-16(21)12-6-1-3-8-14(12)18(24)26-10-5-11-27-19(25)15-9-4-2-7-13(15)17(22)23/h12-15H,1-11H2,(H,20,21)(H,22,23)/p-1. The Bertz CT molecular complexity index is 510. The molecule has 2 saturated carbocycles. The van der Waals surface area contributed by atoms with Crippen molar-refractivity contribution in [1.82, 2.24) is 0 Å². The van der Waals surface area contributed by atoms with Crippen molar-refractivity contribution >= 4 is 23.9 Å². The van der Waals surface area contributed by atoms with Gasteiger partial charge in [-0.05, 0) is 25.7 Å². The highest BCUT2D eigenvalue weighted by Crippen LogP contribution is 2.32. The fourth-order valence-electron chi connectivity index (χ4n) is 4.02. The highest BCUT2D eigenvalue weighted by atomic mass is 16.5. The lowest BCUT2D eigenvalue weighted by Gasteiger charge is -2.30. The van der Waals surface area contributed by atoms with E-state index in [0.29, 0.717) is 25.7 Å². The third-order valence-electron chi connectivity index (χ3n) is 5.53. The zero-order valence-corrected chi connectivity index (χ0v) is 15.4. The number of carbonyl (C=O) groups is 4. The lowest BCUT2D eigenvalue weighted by atomic mass is 9.79. The van der Waals surface area contributed by atoms with E-state index in [1.807, 2.05) is 0 Å². The minimum atomic E-state index is -1.22. The van der Waals surface area contributed by atoms with Gasteiger partial charge >= 0.3 is 17.9 Å². The molecule has 8 nitrogen and oxygen atoms in total. The van der Waals surface area contributed by atoms with Gasteiger partial charge in [0.15, 0.2) is 0 Å². The number of carboxylic acids is 2. The van der Waals surface area contributed by atoms with Gasteiger partial charge < -0.3 is 24.5 Å². The summed E-state index contributed by atoms with van der Waals surface area (Å²) in [5.41, 5.74) is 0. The molecular weight excluding hydrogens is 356 g/mol. The Hall–Kier alpha value is -2.12. The molecule has 27 heavy (non-hydrogen) atoms. The second kappa shape index (κ2) is 10.3. The molecule has 0 bridgehead atoms. The van der Waals surface area contributed by atoms with E-state index in [1.165, 1.54) is 0 Å². The first-order valence-corrected chi connectivity index (χ1v) is 9.68. The van der Waals surface area contributed by atoms with Gasteiger partial charge in [-0.15, -0.1) is 0 Å². The van der Waals surface area contributed by atoms with Gasteiger partial charge in [-0.1, -0.05) is 25.7 Å². The number of rotatable bonds is 8. The normalized spacial score (nSPS) is 28.1. The van der Waals surface area contributed by atoms with Crippen LogP contribution in [0.5, 0.6) is 0 Å². The number of carbonyl (C=O) groups excluding carboxylic acids is 3. The maximum Gasteiger partial charge on any atom is 0.309 e. The summed E-state index contributed by atoms with van der Waals surface area (Å²) < 4.78 is 10.3. The van der Waals surface area contributed by atoms with E-state index in [1.54, 1.807) is 0 Å². The summed E-state index contributed by atoms with van der Waals surface area (Å²) in [6, 6.07) is 0. The second-order valence-electron chi connectivity index (χ2n) is 7.34. The molecule has 0 aromatic heterocycles. The Labute approximate surface area is 158 Å². The molecule has 152 valence electrons. The van der Waals surface area contributed by atoms with Crippen LogP contribution in [-0.4, -0.2) is 42.2 Å². The van der Waals surface area contributed by atoms with Crippen molar-refractivity contribution < 1.29 is 38.9 Å². The van der Waals surface area contributed by atoms with Gasteiger partial charge in [0.1, 0.15) is 0 Å². The average molecular weight is 383 g/mol. The van der Waals surface area contributed by atoms with Crippen LogP contribution in [0.1, 0.15) is 57.8 Å². The molecule has 8 heteroatoms. The van der Waals surface area contributed by atoms with Crippen LogP contribution in [0.15, 0.2) is 0 Å². The van der Waals surface area contributed by atoms with E-state index < -0.39 is 47.5 Å².